The summed E-state index contributed by atoms with van der Waals surface area (Å²) in [5.74, 6) is 0.0957. The number of carbonyl (C=O) groups excluding carboxylic acids is 1. The molecule has 1 aliphatic heterocycles. The fourth-order valence-electron chi connectivity index (χ4n) is 2.60. The minimum absolute atomic E-state index is 0.129. The zero-order valence-corrected chi connectivity index (χ0v) is 13.6. The van der Waals surface area contributed by atoms with Crippen LogP contribution in [-0.4, -0.2) is 45.9 Å². The van der Waals surface area contributed by atoms with Crippen LogP contribution in [0.15, 0.2) is 18.2 Å². The summed E-state index contributed by atoms with van der Waals surface area (Å²) in [6.45, 7) is 3.70. The van der Waals surface area contributed by atoms with Crippen molar-refractivity contribution in [3.63, 3.8) is 0 Å². The molecule has 0 saturated carbocycles. The number of nitrogens with one attached hydrogen (secondary N) is 2. The number of ether oxygens (including phenoxy) is 2. The number of methoxy groups -OCH3 is 1. The van der Waals surface area contributed by atoms with Crippen molar-refractivity contribution in [1.29, 1.82) is 0 Å². The molecule has 128 valence electrons. The van der Waals surface area contributed by atoms with E-state index in [0.717, 1.165) is 25.9 Å². The summed E-state index contributed by atoms with van der Waals surface area (Å²) in [6.07, 6.45) is 2.13. The molecule has 5 nitrogen and oxygen atoms in total. The molecule has 1 amide bonds. The van der Waals surface area contributed by atoms with Gasteiger partial charge in [0.2, 0.25) is 0 Å². The molecule has 1 atom stereocenters. The van der Waals surface area contributed by atoms with Crippen LogP contribution in [0.3, 0.4) is 0 Å². The zero-order valence-electron chi connectivity index (χ0n) is 13.6. The van der Waals surface area contributed by atoms with Crippen LogP contribution in [0.1, 0.15) is 28.8 Å². The number of hydrogen-bond donors (Lipinski definition) is 2. The van der Waals surface area contributed by atoms with Crippen LogP contribution < -0.4 is 10.6 Å². The van der Waals surface area contributed by atoms with Crippen molar-refractivity contribution < 1.29 is 18.7 Å². The maximum atomic E-state index is 13.7. The first-order chi connectivity index (χ1) is 11.2. The van der Waals surface area contributed by atoms with Crippen LogP contribution in [0.4, 0.5) is 4.39 Å². The Balaban J connectivity index is 1.81. The number of halogens is 1. The zero-order chi connectivity index (χ0) is 16.5. The molecule has 0 radical (unpaired) electrons. The minimum atomic E-state index is -0.365. The van der Waals surface area contributed by atoms with E-state index in [1.54, 1.807) is 13.2 Å². The molecule has 1 aromatic carbocycles. The highest BCUT2D eigenvalue weighted by Gasteiger charge is 2.15. The lowest BCUT2D eigenvalue weighted by Gasteiger charge is -2.11. The van der Waals surface area contributed by atoms with Gasteiger partial charge in [0, 0.05) is 24.8 Å². The van der Waals surface area contributed by atoms with E-state index < -0.39 is 0 Å². The van der Waals surface area contributed by atoms with E-state index in [1.807, 2.05) is 0 Å². The van der Waals surface area contributed by atoms with Gasteiger partial charge in [-0.1, -0.05) is 0 Å². The topological polar surface area (TPSA) is 59.6 Å². The van der Waals surface area contributed by atoms with Gasteiger partial charge in [0.25, 0.3) is 5.91 Å². The third-order valence-electron chi connectivity index (χ3n) is 4.00. The average molecular weight is 324 g/mol. The quantitative estimate of drug-likeness (QED) is 0.679. The van der Waals surface area contributed by atoms with E-state index in [1.165, 1.54) is 12.1 Å². The number of carbonyl (C=O) groups is 1. The molecule has 1 aliphatic rings. The highest BCUT2D eigenvalue weighted by Crippen LogP contribution is 2.13. The smallest absolute Gasteiger partial charge is 0.251 e. The SMILES string of the molecule is COCCOCc1cc(C(=O)NCCC2CCNC2)ccc1F. The van der Waals surface area contributed by atoms with Gasteiger partial charge in [0.15, 0.2) is 0 Å². The fraction of sp³-hybridized carbons (Fsp3) is 0.588. The van der Waals surface area contributed by atoms with Gasteiger partial charge in [-0.15, -0.1) is 0 Å². The van der Waals surface area contributed by atoms with Crippen LogP contribution in [-0.2, 0) is 16.1 Å². The molecule has 2 N–H and O–H groups in total. The summed E-state index contributed by atoms with van der Waals surface area (Å²) in [6, 6.07) is 4.36. The Morgan fingerprint density at radius 3 is 3.04 bits per heavy atom. The summed E-state index contributed by atoms with van der Waals surface area (Å²) in [5, 5.41) is 6.21. The lowest BCUT2D eigenvalue weighted by molar-refractivity contribution is 0.0604. The van der Waals surface area contributed by atoms with Gasteiger partial charge in [-0.3, -0.25) is 4.79 Å². The summed E-state index contributed by atoms with van der Waals surface area (Å²) in [5.41, 5.74) is 0.843. The lowest BCUT2D eigenvalue weighted by Crippen LogP contribution is -2.26. The second-order valence-corrected chi connectivity index (χ2v) is 5.75. The summed E-state index contributed by atoms with van der Waals surface area (Å²) in [7, 11) is 1.58. The normalized spacial score (nSPS) is 17.4. The first-order valence-electron chi connectivity index (χ1n) is 8.04. The molecule has 1 unspecified atom stereocenters. The van der Waals surface area contributed by atoms with E-state index in [9.17, 15) is 9.18 Å². The van der Waals surface area contributed by atoms with Gasteiger partial charge in [-0.2, -0.15) is 0 Å². The van der Waals surface area contributed by atoms with E-state index in [2.05, 4.69) is 10.6 Å². The van der Waals surface area contributed by atoms with Gasteiger partial charge >= 0.3 is 0 Å². The van der Waals surface area contributed by atoms with E-state index in [0.29, 0.717) is 36.8 Å². The molecule has 0 aliphatic carbocycles. The second kappa shape index (κ2) is 9.60. The fourth-order valence-corrected chi connectivity index (χ4v) is 2.60. The lowest BCUT2D eigenvalue weighted by atomic mass is 10.1. The molecule has 6 heteroatoms. The molecule has 1 saturated heterocycles. The third kappa shape index (κ3) is 5.89. The van der Waals surface area contributed by atoms with Crippen molar-refractivity contribution in [1.82, 2.24) is 10.6 Å². The van der Waals surface area contributed by atoms with E-state index >= 15 is 0 Å². The third-order valence-corrected chi connectivity index (χ3v) is 4.00. The van der Waals surface area contributed by atoms with Crippen LogP contribution in [0.5, 0.6) is 0 Å². The Morgan fingerprint density at radius 1 is 1.43 bits per heavy atom. The summed E-state index contributed by atoms with van der Waals surface area (Å²) < 4.78 is 23.9. The first kappa shape index (κ1) is 17.8. The maximum Gasteiger partial charge on any atom is 0.251 e. The standard InChI is InChI=1S/C17H25FN2O3/c1-22-8-9-23-12-15-10-14(2-3-16(15)18)17(21)20-7-5-13-4-6-19-11-13/h2-3,10,13,19H,4-9,11-12H2,1H3,(H,20,21). The number of amides is 1. The van der Waals surface area contributed by atoms with E-state index in [-0.39, 0.29) is 18.3 Å². The molecule has 0 spiro atoms. The van der Waals surface area contributed by atoms with Crippen molar-refractivity contribution in [3.8, 4) is 0 Å². The van der Waals surface area contributed by atoms with E-state index in [4.69, 9.17) is 9.47 Å². The monoisotopic (exact) mass is 324 g/mol. The molecule has 1 heterocycles. The van der Waals surface area contributed by atoms with Crippen molar-refractivity contribution in [2.75, 3.05) is 40.0 Å². The molecule has 0 aromatic heterocycles. The average Bonchev–Trinajstić information content (AvgIpc) is 3.06. The Hall–Kier alpha value is -1.50. The van der Waals surface area contributed by atoms with Crippen LogP contribution in [0, 0.1) is 11.7 Å². The molecule has 0 bridgehead atoms. The molecule has 1 fully saturated rings. The van der Waals surface area contributed by atoms with Gasteiger partial charge in [0.05, 0.1) is 19.8 Å². The second-order valence-electron chi connectivity index (χ2n) is 5.75. The van der Waals surface area contributed by atoms with Gasteiger partial charge in [-0.05, 0) is 50.0 Å². The Bertz CT molecular complexity index is 505. The van der Waals surface area contributed by atoms with Gasteiger partial charge in [-0.25, -0.2) is 4.39 Å². The molecular weight excluding hydrogens is 299 g/mol. The molecule has 23 heavy (non-hydrogen) atoms. The Labute approximate surface area is 136 Å². The van der Waals surface area contributed by atoms with Crippen molar-refractivity contribution >= 4 is 5.91 Å². The van der Waals surface area contributed by atoms with Crippen molar-refractivity contribution in [3.05, 3.63) is 35.1 Å². The maximum absolute atomic E-state index is 13.7. The van der Waals surface area contributed by atoms with Crippen molar-refractivity contribution in [2.24, 2.45) is 5.92 Å². The van der Waals surface area contributed by atoms with Crippen LogP contribution >= 0.6 is 0 Å². The predicted molar refractivity (Wildman–Crippen MR) is 85.9 cm³/mol. The highest BCUT2D eigenvalue weighted by molar-refractivity contribution is 5.94. The molecule has 2 rings (SSSR count). The predicted octanol–water partition coefficient (Wildman–Crippen LogP) is 1.72. The van der Waals surface area contributed by atoms with Gasteiger partial charge in [0.1, 0.15) is 5.82 Å². The van der Waals surface area contributed by atoms with Crippen molar-refractivity contribution in [2.45, 2.75) is 19.4 Å². The number of rotatable bonds is 9. The number of hydrogen-bond acceptors (Lipinski definition) is 4. The van der Waals surface area contributed by atoms with Crippen LogP contribution in [0.2, 0.25) is 0 Å². The van der Waals surface area contributed by atoms with Gasteiger partial charge < -0.3 is 20.1 Å². The molecule has 1 aromatic rings. The first-order valence-corrected chi connectivity index (χ1v) is 8.04. The largest absolute Gasteiger partial charge is 0.382 e. The number of benzene rings is 1. The Kier molecular flexibility index (Phi) is 7.45. The van der Waals surface area contributed by atoms with Crippen LogP contribution in [0.25, 0.3) is 0 Å². The minimum Gasteiger partial charge on any atom is -0.382 e. The summed E-state index contributed by atoms with van der Waals surface area (Å²) >= 11 is 0. The molecular formula is C17H25FN2O3. The highest BCUT2D eigenvalue weighted by atomic mass is 19.1. The summed E-state index contributed by atoms with van der Waals surface area (Å²) in [4.78, 5) is 12.1. The Morgan fingerprint density at radius 2 is 2.30 bits per heavy atom.